The minimum Gasteiger partial charge on any atom is -0.466 e. The zero-order chi connectivity index (χ0) is 20.0. The average Bonchev–Trinajstić information content (AvgIpc) is 3.01. The lowest BCUT2D eigenvalue weighted by Crippen LogP contribution is -2.31. The summed E-state index contributed by atoms with van der Waals surface area (Å²) in [7, 11) is 2.26. The number of nitrogens with zero attached hydrogens (tertiary/aromatic N) is 3. The molecule has 0 aromatic carbocycles. The summed E-state index contributed by atoms with van der Waals surface area (Å²) in [5.74, 6) is -0.291. The topological polar surface area (TPSA) is 153 Å². The van der Waals surface area contributed by atoms with E-state index in [1.807, 2.05) is 0 Å². The van der Waals surface area contributed by atoms with Crippen molar-refractivity contribution in [3.63, 3.8) is 0 Å². The van der Waals surface area contributed by atoms with Crippen LogP contribution in [0, 0.1) is 5.92 Å². The number of nitrogens with two attached hydrogens (primary N) is 1. The van der Waals surface area contributed by atoms with E-state index in [2.05, 4.69) is 29.8 Å². The molecule has 27 heavy (non-hydrogen) atoms. The van der Waals surface area contributed by atoms with Gasteiger partial charge < -0.3 is 30.2 Å². The second kappa shape index (κ2) is 9.63. The van der Waals surface area contributed by atoms with Crippen LogP contribution < -0.4 is 16.1 Å². The number of aliphatic hydroxyl groups excluding tert-OH is 1. The van der Waals surface area contributed by atoms with Gasteiger partial charge in [0.1, 0.15) is 17.6 Å². The third-order valence-electron chi connectivity index (χ3n) is 3.97. The van der Waals surface area contributed by atoms with Crippen molar-refractivity contribution in [2.45, 2.75) is 39.1 Å². The van der Waals surface area contributed by atoms with Crippen LogP contribution in [0.15, 0.2) is 11.3 Å². The van der Waals surface area contributed by atoms with Gasteiger partial charge in [0.05, 0.1) is 19.5 Å². The van der Waals surface area contributed by atoms with Gasteiger partial charge in [-0.25, -0.2) is 9.98 Å². The molecule has 11 nitrogen and oxygen atoms in total. The Bertz CT molecular complexity index is 709. The molecule has 2 heterocycles. The molecule has 0 spiro atoms. The van der Waals surface area contributed by atoms with Crippen LogP contribution in [0.5, 0.6) is 0 Å². The maximum Gasteiger partial charge on any atom is 0.323 e. The zero-order valence-electron chi connectivity index (χ0n) is 15.2. The predicted molar refractivity (Wildman–Crippen MR) is 100 cm³/mol. The highest BCUT2D eigenvalue weighted by molar-refractivity contribution is 7.13. The van der Waals surface area contributed by atoms with Gasteiger partial charge in [0.2, 0.25) is 0 Å². The average molecular weight is 400 g/mol. The van der Waals surface area contributed by atoms with Gasteiger partial charge in [-0.1, -0.05) is 9.39 Å². The number of hydrogen-bond acceptors (Lipinski definition) is 10. The van der Waals surface area contributed by atoms with E-state index in [0.29, 0.717) is 24.5 Å². The van der Waals surface area contributed by atoms with E-state index in [1.165, 1.54) is 6.92 Å². The highest BCUT2D eigenvalue weighted by Crippen LogP contribution is 2.27. The van der Waals surface area contributed by atoms with Crippen LogP contribution in [0.4, 0.5) is 5.82 Å². The van der Waals surface area contributed by atoms with Gasteiger partial charge >= 0.3 is 11.9 Å². The molecule has 0 radical (unpaired) electrons. The van der Waals surface area contributed by atoms with E-state index in [-0.39, 0.29) is 31.1 Å². The van der Waals surface area contributed by atoms with Crippen LogP contribution in [0.2, 0.25) is 0 Å². The molecular formula is C15H25N6O5P. The SMILES string of the molecule is CC(=O)OCC(CCOC(=O)C(C)NP)Cn1cnc2c1NC(N)=NC2O. The summed E-state index contributed by atoms with van der Waals surface area (Å²) in [6, 6.07) is -0.435. The monoisotopic (exact) mass is 400 g/mol. The van der Waals surface area contributed by atoms with Gasteiger partial charge in [0, 0.05) is 19.4 Å². The molecule has 0 fully saturated rings. The van der Waals surface area contributed by atoms with E-state index < -0.39 is 18.2 Å². The van der Waals surface area contributed by atoms with E-state index in [4.69, 9.17) is 15.2 Å². The number of carbonyl (C=O) groups is 2. The fraction of sp³-hybridized carbons (Fsp3) is 0.600. The van der Waals surface area contributed by atoms with Crippen molar-refractivity contribution in [2.75, 3.05) is 18.5 Å². The van der Waals surface area contributed by atoms with E-state index in [1.54, 1.807) is 17.8 Å². The maximum absolute atomic E-state index is 11.7. The molecule has 4 atom stereocenters. The second-order valence-corrected chi connectivity index (χ2v) is 6.49. The number of aliphatic imine (C=N–C) groups is 1. The Hall–Kier alpha value is -2.23. The highest BCUT2D eigenvalue weighted by atomic mass is 31.0. The van der Waals surface area contributed by atoms with Crippen molar-refractivity contribution in [1.82, 2.24) is 14.6 Å². The molecule has 12 heteroatoms. The summed E-state index contributed by atoms with van der Waals surface area (Å²) in [5, 5.41) is 15.5. The van der Waals surface area contributed by atoms with E-state index in [9.17, 15) is 14.7 Å². The molecular weight excluding hydrogens is 375 g/mol. The fourth-order valence-corrected chi connectivity index (χ4v) is 2.60. The number of aromatic nitrogens is 2. The lowest BCUT2D eigenvalue weighted by Gasteiger charge is -2.21. The maximum atomic E-state index is 11.7. The Labute approximate surface area is 159 Å². The van der Waals surface area contributed by atoms with Gasteiger partial charge in [-0.05, 0) is 13.3 Å². The summed E-state index contributed by atoms with van der Waals surface area (Å²) >= 11 is 0. The van der Waals surface area contributed by atoms with Crippen LogP contribution in [-0.2, 0) is 25.6 Å². The van der Waals surface area contributed by atoms with Crippen LogP contribution in [0.1, 0.15) is 32.2 Å². The number of carbonyl (C=O) groups excluding carboxylic acids is 2. The van der Waals surface area contributed by atoms with Crippen LogP contribution in [0.25, 0.3) is 0 Å². The van der Waals surface area contributed by atoms with Crippen molar-refractivity contribution >= 4 is 33.1 Å². The number of esters is 2. The number of aliphatic hydroxyl groups is 1. The van der Waals surface area contributed by atoms with Crippen LogP contribution in [0.3, 0.4) is 0 Å². The summed E-state index contributed by atoms with van der Waals surface area (Å²) in [5.41, 5.74) is 6.02. The molecule has 2 rings (SSSR count). The third-order valence-corrected chi connectivity index (χ3v) is 4.47. The normalized spacial score (nSPS) is 17.9. The smallest absolute Gasteiger partial charge is 0.323 e. The highest BCUT2D eigenvalue weighted by Gasteiger charge is 2.25. The van der Waals surface area contributed by atoms with Crippen molar-refractivity contribution in [3.8, 4) is 0 Å². The molecule has 1 aliphatic heterocycles. The Morgan fingerprint density at radius 3 is 2.93 bits per heavy atom. The Kier molecular flexibility index (Phi) is 7.52. The number of hydrogen-bond donors (Lipinski definition) is 4. The first-order chi connectivity index (χ1) is 12.8. The van der Waals surface area contributed by atoms with E-state index >= 15 is 0 Å². The zero-order valence-corrected chi connectivity index (χ0v) is 16.4. The van der Waals surface area contributed by atoms with Gasteiger partial charge in [0.15, 0.2) is 12.2 Å². The van der Waals surface area contributed by atoms with Gasteiger partial charge in [-0.3, -0.25) is 14.7 Å². The first kappa shape index (κ1) is 21.1. The first-order valence-electron chi connectivity index (χ1n) is 8.41. The number of imidazole rings is 1. The van der Waals surface area contributed by atoms with Crippen molar-refractivity contribution in [1.29, 1.82) is 0 Å². The van der Waals surface area contributed by atoms with E-state index in [0.717, 1.165) is 0 Å². The molecule has 1 aromatic heterocycles. The molecule has 0 saturated carbocycles. The largest absolute Gasteiger partial charge is 0.466 e. The molecule has 5 N–H and O–H groups in total. The van der Waals surface area contributed by atoms with Gasteiger partial charge in [0.25, 0.3) is 0 Å². The Morgan fingerprint density at radius 2 is 2.26 bits per heavy atom. The minimum absolute atomic E-state index is 0.0844. The first-order valence-corrected chi connectivity index (χ1v) is 8.99. The molecule has 0 bridgehead atoms. The molecule has 0 amide bonds. The fourth-order valence-electron chi connectivity index (χ4n) is 2.47. The minimum atomic E-state index is -1.13. The number of ether oxygens (including phenoxy) is 2. The number of nitrogens with one attached hydrogen (secondary N) is 2. The number of guanidine groups is 1. The lowest BCUT2D eigenvalue weighted by atomic mass is 10.1. The second-order valence-electron chi connectivity index (χ2n) is 6.16. The quantitative estimate of drug-likeness (QED) is 0.317. The lowest BCUT2D eigenvalue weighted by molar-refractivity contribution is -0.147. The molecule has 0 saturated heterocycles. The van der Waals surface area contributed by atoms with Crippen LogP contribution >= 0.6 is 9.39 Å². The Morgan fingerprint density at radius 1 is 1.52 bits per heavy atom. The molecule has 1 aliphatic rings. The number of anilines is 1. The number of rotatable bonds is 9. The third kappa shape index (κ3) is 5.88. The van der Waals surface area contributed by atoms with Gasteiger partial charge in [-0.2, -0.15) is 0 Å². The summed E-state index contributed by atoms with van der Waals surface area (Å²) < 4.78 is 12.1. The van der Waals surface area contributed by atoms with Crippen molar-refractivity contribution < 1.29 is 24.2 Å². The van der Waals surface area contributed by atoms with Crippen molar-refractivity contribution in [2.24, 2.45) is 16.6 Å². The number of fused-ring (bicyclic) bond motifs is 1. The van der Waals surface area contributed by atoms with Crippen LogP contribution in [-0.4, -0.2) is 51.8 Å². The summed E-state index contributed by atoms with van der Waals surface area (Å²) in [6.45, 7) is 3.77. The summed E-state index contributed by atoms with van der Waals surface area (Å²) in [4.78, 5) is 30.8. The molecule has 1 aromatic rings. The molecule has 0 aliphatic carbocycles. The molecule has 150 valence electrons. The molecule has 4 unspecified atom stereocenters. The predicted octanol–water partition coefficient (Wildman–Crippen LogP) is -0.505. The Balaban J connectivity index is 2.01. The van der Waals surface area contributed by atoms with Gasteiger partial charge in [-0.15, -0.1) is 0 Å². The summed E-state index contributed by atoms with van der Waals surface area (Å²) in [6.07, 6.45) is 0.889. The van der Waals surface area contributed by atoms with Crippen molar-refractivity contribution in [3.05, 3.63) is 12.0 Å². The standard InChI is InChI=1S/C15H25N6O5P/c1-8(20-27)14(24)25-4-3-10(6-26-9(2)22)5-21-7-17-11-12(21)18-15(16)19-13(11)23/h7-8,10,13,20,23H,3-6,27H2,1-2H3,(H3,16,18,19).